The van der Waals surface area contributed by atoms with E-state index in [1.54, 1.807) is 6.07 Å². The van der Waals surface area contributed by atoms with Crippen LogP contribution < -0.4 is 5.43 Å². The molecule has 0 heterocycles. The fourth-order valence-electron chi connectivity index (χ4n) is 1.33. The van der Waals surface area contributed by atoms with Crippen LogP contribution in [0.3, 0.4) is 0 Å². The van der Waals surface area contributed by atoms with Gasteiger partial charge in [0.1, 0.15) is 0 Å². The molecule has 0 bridgehead atoms. The Labute approximate surface area is 139 Å². The zero-order valence-electron chi connectivity index (χ0n) is 11.2. The summed E-state index contributed by atoms with van der Waals surface area (Å²) in [5, 5.41) is 7.90. The molecule has 4 heteroatoms. The molecule has 0 spiro atoms. The second kappa shape index (κ2) is 10.6. The first kappa shape index (κ1) is 16.9. The molecule has 0 unspecified atom stereocenters. The number of hydrogen-bond donors (Lipinski definition) is 1. The fraction of sp³-hybridized carbons (Fsp3) is 0. The molecule has 0 saturated heterocycles. The van der Waals surface area contributed by atoms with Crippen molar-refractivity contribution in [2.75, 3.05) is 5.43 Å². The number of hydrogen-bond acceptors (Lipinski definition) is 2. The molecule has 0 saturated carbocycles. The van der Waals surface area contributed by atoms with Gasteiger partial charge in [-0.2, -0.15) is 0 Å². The fourth-order valence-corrected chi connectivity index (χ4v) is 1.33. The minimum Gasteiger partial charge on any atom is -0.999 e. The largest absolute Gasteiger partial charge is 0.999 e. The van der Waals surface area contributed by atoms with E-state index in [1.807, 2.05) is 60.7 Å². The van der Waals surface area contributed by atoms with Crippen LogP contribution >= 0.6 is 0 Å². The third kappa shape index (κ3) is 7.28. The molecule has 0 aromatic heterocycles. The summed E-state index contributed by atoms with van der Waals surface area (Å²) >= 11 is 0. The summed E-state index contributed by atoms with van der Waals surface area (Å²) in [6, 6.07) is 31.3. The smallest absolute Gasteiger partial charge is 0.0874 e. The third-order valence-electron chi connectivity index (χ3n) is 2.23. The zero-order chi connectivity index (χ0) is 13.9. The van der Waals surface area contributed by atoms with Crippen LogP contribution in [0.4, 0.5) is 11.4 Å². The minimum absolute atomic E-state index is 0. The summed E-state index contributed by atoms with van der Waals surface area (Å²) in [4.78, 5) is 0. The molecule has 106 valence electrons. The van der Waals surface area contributed by atoms with Gasteiger partial charge in [0.25, 0.3) is 0 Å². The van der Waals surface area contributed by atoms with Crippen LogP contribution in [-0.2, 0) is 21.1 Å². The summed E-state index contributed by atoms with van der Waals surface area (Å²) in [6.07, 6.45) is 0. The Kier molecular flexibility index (Phi) is 8.58. The van der Waals surface area contributed by atoms with E-state index >= 15 is 0 Å². The zero-order valence-corrected chi connectivity index (χ0v) is 13.2. The normalized spacial score (nSPS) is 9.33. The van der Waals surface area contributed by atoms with E-state index < -0.39 is 0 Å². The van der Waals surface area contributed by atoms with Crippen molar-refractivity contribution in [1.29, 1.82) is 0 Å². The van der Waals surface area contributed by atoms with E-state index in [-0.39, 0.29) is 21.1 Å². The number of benzene rings is 2. The van der Waals surface area contributed by atoms with E-state index in [2.05, 4.69) is 40.0 Å². The van der Waals surface area contributed by atoms with Gasteiger partial charge in [-0.3, -0.25) is 5.43 Å². The van der Waals surface area contributed by atoms with Gasteiger partial charge in [-0.1, -0.05) is 41.6 Å². The van der Waals surface area contributed by atoms with Crippen molar-refractivity contribution in [1.82, 2.24) is 0 Å². The average Bonchev–Trinajstić information content (AvgIpc) is 3.09. The maximum atomic E-state index is 4.02. The average molecular weight is 354 g/mol. The molecule has 0 fully saturated rings. The Morgan fingerprint density at radius 1 is 0.810 bits per heavy atom. The summed E-state index contributed by atoms with van der Waals surface area (Å²) in [5.41, 5.74) is 4.61. The number of nitrogens with one attached hydrogen (secondary N) is 1. The Balaban J connectivity index is 0.000000313. The predicted molar refractivity (Wildman–Crippen MR) is 78.4 cm³/mol. The molecule has 3 aromatic rings. The van der Waals surface area contributed by atoms with Crippen molar-refractivity contribution in [3.8, 4) is 0 Å². The standard InChI is InChI=1S/C12H11N3.C5H.Mo/c1-3-7-11(8-4-1)13-15-14-12-9-5-2-6-10-12;1-2-4-5-3-1;/h1-10H,(H,13,14);1H;/q;-5;. The number of nitrogens with zero attached hydrogens (tertiary/aromatic N) is 2. The Morgan fingerprint density at radius 3 is 1.90 bits per heavy atom. The monoisotopic (exact) mass is 356 g/mol. The molecule has 0 aliphatic rings. The van der Waals surface area contributed by atoms with Crippen molar-refractivity contribution in [2.45, 2.75) is 0 Å². The summed E-state index contributed by atoms with van der Waals surface area (Å²) in [6.45, 7) is 0. The van der Waals surface area contributed by atoms with Gasteiger partial charge in [-0.05, 0) is 24.3 Å². The van der Waals surface area contributed by atoms with Crippen LogP contribution in [0.15, 0.2) is 77.1 Å². The van der Waals surface area contributed by atoms with Gasteiger partial charge < -0.3 is 30.3 Å². The van der Waals surface area contributed by atoms with Gasteiger partial charge in [-0.15, -0.1) is 5.11 Å². The molecule has 0 radical (unpaired) electrons. The molecular weight excluding hydrogens is 342 g/mol. The van der Waals surface area contributed by atoms with Crippen molar-refractivity contribution >= 4 is 11.4 Å². The van der Waals surface area contributed by atoms with E-state index in [0.717, 1.165) is 11.4 Å². The van der Waals surface area contributed by atoms with Gasteiger partial charge in [-0.25, -0.2) is 0 Å². The Hall–Kier alpha value is -2.12. The van der Waals surface area contributed by atoms with E-state index in [1.165, 1.54) is 0 Å². The molecular formula is C17H12MoN3-5. The Bertz CT molecular complexity index is 575. The van der Waals surface area contributed by atoms with Crippen molar-refractivity contribution in [3.05, 3.63) is 91.0 Å². The summed E-state index contributed by atoms with van der Waals surface area (Å²) < 4.78 is 0. The van der Waals surface area contributed by atoms with Gasteiger partial charge in [0.15, 0.2) is 0 Å². The van der Waals surface area contributed by atoms with Crippen molar-refractivity contribution in [3.63, 3.8) is 0 Å². The molecule has 0 amide bonds. The van der Waals surface area contributed by atoms with Crippen molar-refractivity contribution in [2.24, 2.45) is 10.3 Å². The molecule has 0 aliphatic carbocycles. The first-order valence-electron chi connectivity index (χ1n) is 6.05. The minimum atomic E-state index is 0. The molecule has 0 atom stereocenters. The van der Waals surface area contributed by atoms with E-state index in [0.29, 0.717) is 0 Å². The van der Waals surface area contributed by atoms with Gasteiger partial charge in [0.2, 0.25) is 0 Å². The van der Waals surface area contributed by atoms with Crippen molar-refractivity contribution < 1.29 is 21.1 Å². The van der Waals surface area contributed by atoms with Crippen LogP contribution in [0.2, 0.25) is 0 Å². The molecule has 3 rings (SSSR count). The van der Waals surface area contributed by atoms with Gasteiger partial charge >= 0.3 is 0 Å². The maximum Gasteiger partial charge on any atom is 0.0874 e. The van der Waals surface area contributed by atoms with Gasteiger partial charge in [0, 0.05) is 21.1 Å². The van der Waals surface area contributed by atoms with Crippen LogP contribution in [0.5, 0.6) is 0 Å². The van der Waals surface area contributed by atoms with Crippen LogP contribution in [0.1, 0.15) is 0 Å². The van der Waals surface area contributed by atoms with Gasteiger partial charge in [0.05, 0.1) is 11.4 Å². The Morgan fingerprint density at radius 2 is 1.38 bits per heavy atom. The molecule has 1 N–H and O–H groups in total. The molecule has 21 heavy (non-hydrogen) atoms. The summed E-state index contributed by atoms with van der Waals surface area (Å²) in [7, 11) is 0. The second-order valence-corrected chi connectivity index (χ2v) is 3.70. The first-order chi connectivity index (χ1) is 9.95. The molecule has 0 aliphatic heterocycles. The number of para-hydroxylation sites is 1. The first-order valence-corrected chi connectivity index (χ1v) is 6.05. The van der Waals surface area contributed by atoms with E-state index in [9.17, 15) is 0 Å². The predicted octanol–water partition coefficient (Wildman–Crippen LogP) is 4.40. The summed E-state index contributed by atoms with van der Waals surface area (Å²) in [5.74, 6) is 0. The molecule has 3 aromatic carbocycles. The quantitative estimate of drug-likeness (QED) is 0.322. The van der Waals surface area contributed by atoms with Crippen LogP contribution in [0.25, 0.3) is 0 Å². The molecule has 3 nitrogen and oxygen atoms in total. The topological polar surface area (TPSA) is 36.8 Å². The number of rotatable bonds is 3. The third-order valence-corrected chi connectivity index (χ3v) is 2.23. The maximum absolute atomic E-state index is 4.02. The van der Waals surface area contributed by atoms with Crippen LogP contribution in [0, 0.1) is 24.3 Å². The van der Waals surface area contributed by atoms with Crippen LogP contribution in [-0.4, -0.2) is 0 Å². The number of anilines is 1. The second-order valence-electron chi connectivity index (χ2n) is 3.70. The van der Waals surface area contributed by atoms with E-state index in [4.69, 9.17) is 0 Å². The SMILES string of the molecule is [Mo].[c-]1[c-][c-][cH-][c-]1.c1ccc(N=NNc2ccccc2)cc1.